The molecule has 0 bridgehead atoms. The highest BCUT2D eigenvalue weighted by molar-refractivity contribution is 5.91. The van der Waals surface area contributed by atoms with Crippen molar-refractivity contribution in [2.24, 2.45) is 0 Å². The van der Waals surface area contributed by atoms with Crippen molar-refractivity contribution in [3.05, 3.63) is 60.2 Å². The first-order chi connectivity index (χ1) is 13.7. The first-order valence-corrected chi connectivity index (χ1v) is 10.2. The molecule has 1 aliphatic rings. The molecule has 154 valence electrons. The molecule has 5 heteroatoms. The Morgan fingerprint density at radius 2 is 1.41 bits per heavy atom. The first kappa shape index (κ1) is 20.9. The maximum absolute atomic E-state index is 13.4. The molecule has 1 fully saturated rings. The van der Waals surface area contributed by atoms with Crippen molar-refractivity contribution in [2.75, 3.05) is 13.1 Å². The number of nitrogens with zero attached hydrogens (tertiary/aromatic N) is 1. The summed E-state index contributed by atoms with van der Waals surface area (Å²) in [6.07, 6.45) is 1.38. The summed E-state index contributed by atoms with van der Waals surface area (Å²) in [5, 5.41) is 2.85. The maximum Gasteiger partial charge on any atom is 0.408 e. The van der Waals surface area contributed by atoms with Crippen molar-refractivity contribution in [3.8, 4) is 11.1 Å². The Kier molecular flexibility index (Phi) is 5.96. The van der Waals surface area contributed by atoms with E-state index < -0.39 is 17.2 Å². The molecule has 2 aromatic rings. The molecule has 1 saturated heterocycles. The predicted molar refractivity (Wildman–Crippen MR) is 114 cm³/mol. The number of benzene rings is 2. The van der Waals surface area contributed by atoms with E-state index in [2.05, 4.69) is 5.32 Å². The highest BCUT2D eigenvalue weighted by Gasteiger charge is 2.41. The van der Waals surface area contributed by atoms with Gasteiger partial charge in [0.2, 0.25) is 0 Å². The van der Waals surface area contributed by atoms with Gasteiger partial charge in [-0.2, -0.15) is 0 Å². The van der Waals surface area contributed by atoms with E-state index in [0.717, 1.165) is 29.5 Å². The molecule has 0 aliphatic carbocycles. The van der Waals surface area contributed by atoms with Gasteiger partial charge in [-0.15, -0.1) is 0 Å². The maximum atomic E-state index is 13.4. The highest BCUT2D eigenvalue weighted by Crippen LogP contribution is 2.29. The van der Waals surface area contributed by atoms with Crippen molar-refractivity contribution >= 4 is 12.0 Å². The van der Waals surface area contributed by atoms with Gasteiger partial charge in [0, 0.05) is 13.1 Å². The average Bonchev–Trinajstić information content (AvgIpc) is 3.21. The van der Waals surface area contributed by atoms with Gasteiger partial charge in [-0.3, -0.25) is 4.79 Å². The van der Waals surface area contributed by atoms with E-state index in [1.807, 2.05) is 59.5 Å². The van der Waals surface area contributed by atoms with Gasteiger partial charge in [-0.25, -0.2) is 4.79 Å². The van der Waals surface area contributed by atoms with Crippen LogP contribution in [0.1, 0.15) is 46.1 Å². The standard InChI is InChI=1S/C24H30N2O3/c1-23(2,3)29-22(28)25-24(4,21(27)26-16-8-9-17-26)20-14-12-19(13-15-20)18-10-6-5-7-11-18/h5-7,10-15H,8-9,16-17H2,1-4H3,(H,25,28). The summed E-state index contributed by atoms with van der Waals surface area (Å²) < 4.78 is 5.44. The fourth-order valence-corrected chi connectivity index (χ4v) is 3.62. The third-order valence-electron chi connectivity index (χ3n) is 5.14. The lowest BCUT2D eigenvalue weighted by Crippen LogP contribution is -2.55. The second-order valence-corrected chi connectivity index (χ2v) is 8.69. The van der Waals surface area contributed by atoms with Gasteiger partial charge >= 0.3 is 6.09 Å². The van der Waals surface area contributed by atoms with Crippen LogP contribution in [0.3, 0.4) is 0 Å². The molecule has 0 radical (unpaired) electrons. The third-order valence-corrected chi connectivity index (χ3v) is 5.14. The van der Waals surface area contributed by atoms with Crippen LogP contribution < -0.4 is 5.32 Å². The molecule has 29 heavy (non-hydrogen) atoms. The number of nitrogens with one attached hydrogen (secondary N) is 1. The summed E-state index contributed by atoms with van der Waals surface area (Å²) in [5.74, 6) is -0.103. The summed E-state index contributed by atoms with van der Waals surface area (Å²) in [6.45, 7) is 8.61. The Morgan fingerprint density at radius 1 is 0.862 bits per heavy atom. The van der Waals surface area contributed by atoms with E-state index in [0.29, 0.717) is 13.1 Å². The van der Waals surface area contributed by atoms with Gasteiger partial charge in [0.1, 0.15) is 11.1 Å². The first-order valence-electron chi connectivity index (χ1n) is 10.2. The Balaban J connectivity index is 1.91. The molecule has 0 saturated carbocycles. The molecule has 1 N–H and O–H groups in total. The number of carbonyl (C=O) groups is 2. The number of hydrogen-bond acceptors (Lipinski definition) is 3. The van der Waals surface area contributed by atoms with Crippen molar-refractivity contribution in [1.29, 1.82) is 0 Å². The molecule has 0 aromatic heterocycles. The zero-order valence-electron chi connectivity index (χ0n) is 17.7. The SMILES string of the molecule is CC(C)(C)OC(=O)NC(C)(C(=O)N1CCCC1)c1ccc(-c2ccccc2)cc1. The predicted octanol–water partition coefficient (Wildman–Crippen LogP) is 4.72. The zero-order chi connectivity index (χ0) is 21.1. The Bertz CT molecular complexity index is 850. The minimum Gasteiger partial charge on any atom is -0.444 e. The topological polar surface area (TPSA) is 58.6 Å². The number of amides is 2. The van der Waals surface area contributed by atoms with Gasteiger partial charge in [0.15, 0.2) is 0 Å². The minimum absolute atomic E-state index is 0.103. The Morgan fingerprint density at radius 3 is 1.97 bits per heavy atom. The van der Waals surface area contributed by atoms with E-state index in [4.69, 9.17) is 4.74 Å². The molecule has 1 heterocycles. The van der Waals surface area contributed by atoms with Crippen molar-refractivity contribution in [3.63, 3.8) is 0 Å². The summed E-state index contributed by atoms with van der Waals surface area (Å²) in [4.78, 5) is 27.8. The minimum atomic E-state index is -1.19. The Labute approximate surface area is 173 Å². The molecule has 2 aromatic carbocycles. The molecule has 2 amide bonds. The molecule has 0 spiro atoms. The number of carbonyl (C=O) groups excluding carboxylic acids is 2. The highest BCUT2D eigenvalue weighted by atomic mass is 16.6. The fraction of sp³-hybridized carbons (Fsp3) is 0.417. The van der Waals surface area contributed by atoms with Crippen molar-refractivity contribution in [1.82, 2.24) is 10.2 Å². The molecular formula is C24H30N2O3. The van der Waals surface area contributed by atoms with E-state index >= 15 is 0 Å². The summed E-state index contributed by atoms with van der Waals surface area (Å²) in [6, 6.07) is 17.8. The van der Waals surface area contributed by atoms with E-state index in [1.165, 1.54) is 0 Å². The second kappa shape index (κ2) is 8.27. The van der Waals surface area contributed by atoms with Crippen LogP contribution in [0.5, 0.6) is 0 Å². The Hall–Kier alpha value is -2.82. The van der Waals surface area contributed by atoms with Crippen LogP contribution in [-0.2, 0) is 15.1 Å². The van der Waals surface area contributed by atoms with Crippen LogP contribution in [0.2, 0.25) is 0 Å². The quantitative estimate of drug-likeness (QED) is 0.817. The molecule has 1 unspecified atom stereocenters. The van der Waals surface area contributed by atoms with Gasteiger partial charge in [0.25, 0.3) is 5.91 Å². The smallest absolute Gasteiger partial charge is 0.408 e. The number of ether oxygens (including phenoxy) is 1. The number of likely N-dealkylation sites (tertiary alicyclic amines) is 1. The number of alkyl carbamates (subject to hydrolysis) is 1. The van der Waals surface area contributed by atoms with Crippen LogP contribution in [0.25, 0.3) is 11.1 Å². The summed E-state index contributed by atoms with van der Waals surface area (Å²) in [5.41, 5.74) is 1.06. The van der Waals surface area contributed by atoms with Gasteiger partial charge in [-0.05, 0) is 57.2 Å². The summed E-state index contributed by atoms with van der Waals surface area (Å²) >= 11 is 0. The average molecular weight is 395 g/mol. The zero-order valence-corrected chi connectivity index (χ0v) is 17.7. The molecule has 1 aliphatic heterocycles. The van der Waals surface area contributed by atoms with Gasteiger partial charge in [0.05, 0.1) is 0 Å². The summed E-state index contributed by atoms with van der Waals surface area (Å²) in [7, 11) is 0. The van der Waals surface area contributed by atoms with E-state index in [9.17, 15) is 9.59 Å². The lowest BCUT2D eigenvalue weighted by Gasteiger charge is -2.34. The fourth-order valence-electron chi connectivity index (χ4n) is 3.62. The lowest BCUT2D eigenvalue weighted by molar-refractivity contribution is -0.137. The van der Waals surface area contributed by atoms with Crippen LogP contribution in [-0.4, -0.2) is 35.6 Å². The largest absolute Gasteiger partial charge is 0.444 e. The van der Waals surface area contributed by atoms with Crippen LogP contribution in [0.4, 0.5) is 4.79 Å². The lowest BCUT2D eigenvalue weighted by atomic mass is 9.89. The molecule has 3 rings (SSSR count). The second-order valence-electron chi connectivity index (χ2n) is 8.69. The molecular weight excluding hydrogens is 364 g/mol. The van der Waals surface area contributed by atoms with Crippen LogP contribution in [0, 0.1) is 0 Å². The van der Waals surface area contributed by atoms with Crippen molar-refractivity contribution < 1.29 is 14.3 Å². The van der Waals surface area contributed by atoms with Crippen LogP contribution in [0.15, 0.2) is 54.6 Å². The number of hydrogen-bond donors (Lipinski definition) is 1. The molecule has 1 atom stereocenters. The number of rotatable bonds is 4. The van der Waals surface area contributed by atoms with E-state index in [1.54, 1.807) is 27.7 Å². The van der Waals surface area contributed by atoms with Crippen molar-refractivity contribution in [2.45, 2.75) is 51.7 Å². The van der Waals surface area contributed by atoms with E-state index in [-0.39, 0.29) is 5.91 Å². The normalized spacial score (nSPS) is 16.2. The van der Waals surface area contributed by atoms with Gasteiger partial charge in [-0.1, -0.05) is 54.6 Å². The van der Waals surface area contributed by atoms with Gasteiger partial charge < -0.3 is 15.0 Å². The monoisotopic (exact) mass is 394 g/mol. The molecule has 5 nitrogen and oxygen atoms in total. The third kappa shape index (κ3) is 4.97. The van der Waals surface area contributed by atoms with Crippen LogP contribution >= 0.6 is 0 Å².